The third kappa shape index (κ3) is 10.9. The van der Waals surface area contributed by atoms with Crippen LogP contribution in [0.5, 0.6) is 0 Å². The summed E-state index contributed by atoms with van der Waals surface area (Å²) in [6, 6.07) is 44.2. The third-order valence-corrected chi connectivity index (χ3v) is 9.46. The SMILES string of the molecule is CCCCCCCCc1ccc(Nc2ccccc2-c2ccc(-c3ccccc3Nc3ccc(CCCCCCCC)cc3)cc2)cc1. The third-order valence-electron chi connectivity index (χ3n) is 9.46. The van der Waals surface area contributed by atoms with Gasteiger partial charge in [-0.3, -0.25) is 0 Å². The number of hydrogen-bond donors (Lipinski definition) is 2. The molecule has 0 spiro atoms. The molecule has 0 bridgehead atoms. The lowest BCUT2D eigenvalue weighted by atomic mass is 9.98. The fourth-order valence-electron chi connectivity index (χ4n) is 6.56. The molecule has 2 nitrogen and oxygen atoms in total. The number of anilines is 4. The van der Waals surface area contributed by atoms with E-state index in [1.54, 1.807) is 0 Å². The summed E-state index contributed by atoms with van der Waals surface area (Å²) in [5.74, 6) is 0. The lowest BCUT2D eigenvalue weighted by molar-refractivity contribution is 0.607. The molecule has 0 atom stereocenters. The monoisotopic (exact) mass is 636 g/mol. The molecule has 0 aliphatic heterocycles. The van der Waals surface area contributed by atoms with Crippen LogP contribution in [0.4, 0.5) is 22.7 Å². The number of nitrogens with one attached hydrogen (secondary N) is 2. The Balaban J connectivity index is 1.19. The molecular weight excluding hydrogens is 581 g/mol. The van der Waals surface area contributed by atoms with Crippen LogP contribution >= 0.6 is 0 Å². The molecule has 0 heterocycles. The molecule has 0 radical (unpaired) electrons. The number of hydrogen-bond acceptors (Lipinski definition) is 2. The average Bonchev–Trinajstić information content (AvgIpc) is 3.13. The number of unbranched alkanes of at least 4 members (excludes halogenated alkanes) is 10. The van der Waals surface area contributed by atoms with Gasteiger partial charge in [0.15, 0.2) is 0 Å². The van der Waals surface area contributed by atoms with Crippen molar-refractivity contribution in [3.63, 3.8) is 0 Å². The molecule has 0 aliphatic carbocycles. The first-order chi connectivity index (χ1) is 23.7. The van der Waals surface area contributed by atoms with Gasteiger partial charge in [-0.25, -0.2) is 0 Å². The summed E-state index contributed by atoms with van der Waals surface area (Å²) in [6.07, 6.45) is 18.4. The zero-order valence-corrected chi connectivity index (χ0v) is 29.4. The van der Waals surface area contributed by atoms with E-state index in [-0.39, 0.29) is 0 Å². The highest BCUT2D eigenvalue weighted by atomic mass is 14.9. The first-order valence-electron chi connectivity index (χ1n) is 18.7. The van der Waals surface area contributed by atoms with Crippen LogP contribution in [0.2, 0.25) is 0 Å². The van der Waals surface area contributed by atoms with Crippen LogP contribution in [0.3, 0.4) is 0 Å². The minimum atomic E-state index is 1.12. The van der Waals surface area contributed by atoms with E-state index in [4.69, 9.17) is 0 Å². The lowest BCUT2D eigenvalue weighted by Gasteiger charge is -2.15. The highest BCUT2D eigenvalue weighted by Crippen LogP contribution is 2.35. The Morgan fingerprint density at radius 2 is 0.708 bits per heavy atom. The summed E-state index contributed by atoms with van der Waals surface area (Å²) < 4.78 is 0. The summed E-state index contributed by atoms with van der Waals surface area (Å²) >= 11 is 0. The summed E-state index contributed by atoms with van der Waals surface area (Å²) in [6.45, 7) is 4.56. The molecule has 48 heavy (non-hydrogen) atoms. The normalized spacial score (nSPS) is 11.0. The van der Waals surface area contributed by atoms with Gasteiger partial charge in [-0.05, 0) is 84.3 Å². The van der Waals surface area contributed by atoms with Crippen LogP contribution in [-0.4, -0.2) is 0 Å². The highest BCUT2D eigenvalue weighted by Gasteiger charge is 2.09. The van der Waals surface area contributed by atoms with Crippen molar-refractivity contribution < 1.29 is 0 Å². The first-order valence-corrected chi connectivity index (χ1v) is 18.7. The van der Waals surface area contributed by atoms with Crippen molar-refractivity contribution in [2.75, 3.05) is 10.6 Å². The molecule has 0 amide bonds. The van der Waals surface area contributed by atoms with E-state index < -0.39 is 0 Å². The van der Waals surface area contributed by atoms with Gasteiger partial charge in [0, 0.05) is 33.9 Å². The second-order valence-corrected chi connectivity index (χ2v) is 13.3. The van der Waals surface area contributed by atoms with Crippen LogP contribution in [-0.2, 0) is 12.8 Å². The second kappa shape index (κ2) is 19.5. The molecule has 0 aromatic heterocycles. The van der Waals surface area contributed by atoms with Crippen molar-refractivity contribution in [2.24, 2.45) is 0 Å². The topological polar surface area (TPSA) is 24.1 Å². The van der Waals surface area contributed by atoms with Crippen molar-refractivity contribution in [3.8, 4) is 22.3 Å². The van der Waals surface area contributed by atoms with Gasteiger partial charge in [0.1, 0.15) is 0 Å². The van der Waals surface area contributed by atoms with Gasteiger partial charge in [-0.1, -0.05) is 163 Å². The van der Waals surface area contributed by atoms with Gasteiger partial charge in [0.05, 0.1) is 0 Å². The van der Waals surface area contributed by atoms with Crippen molar-refractivity contribution in [1.29, 1.82) is 0 Å². The van der Waals surface area contributed by atoms with Gasteiger partial charge < -0.3 is 10.6 Å². The minimum absolute atomic E-state index is 1.12. The van der Waals surface area contributed by atoms with Gasteiger partial charge in [0.2, 0.25) is 0 Å². The standard InChI is InChI=1S/C46H56N2/c1-3-5-7-9-11-13-19-37-25-33-41(34-26-37)47-45-23-17-15-21-43(45)39-29-31-40(32-30-39)44-22-16-18-24-46(44)48-42-35-27-38(28-36-42)20-14-12-10-8-6-4-2/h15-18,21-36,47-48H,3-14,19-20H2,1-2H3. The van der Waals surface area contributed by atoms with Crippen LogP contribution in [0.1, 0.15) is 102 Å². The van der Waals surface area contributed by atoms with E-state index in [9.17, 15) is 0 Å². The number of rotatable bonds is 20. The van der Waals surface area contributed by atoms with E-state index >= 15 is 0 Å². The number of benzene rings is 5. The van der Waals surface area contributed by atoms with Crippen LogP contribution < -0.4 is 10.6 Å². The molecule has 0 saturated heterocycles. The number of aryl methyl sites for hydroxylation is 2. The van der Waals surface area contributed by atoms with Crippen molar-refractivity contribution in [2.45, 2.75) is 104 Å². The molecular formula is C46H56N2. The molecule has 2 N–H and O–H groups in total. The molecule has 5 aromatic carbocycles. The Bertz CT molecular complexity index is 1490. The minimum Gasteiger partial charge on any atom is -0.355 e. The van der Waals surface area contributed by atoms with Crippen molar-refractivity contribution in [3.05, 3.63) is 132 Å². The molecule has 0 fully saturated rings. The van der Waals surface area contributed by atoms with E-state index in [0.717, 1.165) is 22.7 Å². The van der Waals surface area contributed by atoms with Crippen molar-refractivity contribution in [1.82, 2.24) is 0 Å². The van der Waals surface area contributed by atoms with Gasteiger partial charge in [-0.2, -0.15) is 0 Å². The molecule has 250 valence electrons. The largest absolute Gasteiger partial charge is 0.355 e. The van der Waals surface area contributed by atoms with Crippen LogP contribution in [0.15, 0.2) is 121 Å². The van der Waals surface area contributed by atoms with E-state index in [0.29, 0.717) is 0 Å². The second-order valence-electron chi connectivity index (χ2n) is 13.3. The maximum Gasteiger partial charge on any atom is 0.0463 e. The zero-order valence-electron chi connectivity index (χ0n) is 29.4. The van der Waals surface area contributed by atoms with E-state index in [1.807, 2.05) is 0 Å². The quantitative estimate of drug-likeness (QED) is 0.0831. The maximum atomic E-state index is 3.69. The average molecular weight is 637 g/mol. The van der Waals surface area contributed by atoms with Crippen LogP contribution in [0, 0.1) is 0 Å². The first kappa shape index (κ1) is 35.0. The molecule has 5 aromatic rings. The Labute approximate surface area is 291 Å². The number of para-hydroxylation sites is 2. The van der Waals surface area contributed by atoms with Crippen LogP contribution in [0.25, 0.3) is 22.3 Å². The predicted octanol–water partition coefficient (Wildman–Crippen LogP) is 14.3. The molecule has 5 rings (SSSR count). The molecule has 0 unspecified atom stereocenters. The molecule has 0 saturated carbocycles. The Kier molecular flexibility index (Phi) is 14.2. The van der Waals surface area contributed by atoms with E-state index in [1.165, 1.54) is 123 Å². The fourth-order valence-corrected chi connectivity index (χ4v) is 6.56. The van der Waals surface area contributed by atoms with E-state index in [2.05, 4.69) is 146 Å². The molecule has 0 aliphatic rings. The summed E-state index contributed by atoms with van der Waals surface area (Å²) in [7, 11) is 0. The fraction of sp³-hybridized carbons (Fsp3) is 0.348. The maximum absolute atomic E-state index is 3.69. The lowest BCUT2D eigenvalue weighted by Crippen LogP contribution is -1.95. The van der Waals surface area contributed by atoms with Gasteiger partial charge in [0.25, 0.3) is 0 Å². The summed E-state index contributed by atoms with van der Waals surface area (Å²) in [4.78, 5) is 0. The van der Waals surface area contributed by atoms with Crippen molar-refractivity contribution >= 4 is 22.7 Å². The summed E-state index contributed by atoms with van der Waals surface area (Å²) in [5, 5.41) is 7.37. The predicted molar refractivity (Wildman–Crippen MR) is 211 cm³/mol. The Morgan fingerprint density at radius 1 is 0.354 bits per heavy atom. The highest BCUT2D eigenvalue weighted by molar-refractivity contribution is 5.85. The van der Waals surface area contributed by atoms with Gasteiger partial charge >= 0.3 is 0 Å². The van der Waals surface area contributed by atoms with Gasteiger partial charge in [-0.15, -0.1) is 0 Å². The smallest absolute Gasteiger partial charge is 0.0463 e. The Hall–Kier alpha value is -4.30. The Morgan fingerprint density at radius 3 is 1.10 bits per heavy atom. The summed E-state index contributed by atoms with van der Waals surface area (Å²) in [5.41, 5.74) is 12.2. The molecule has 2 heteroatoms. The zero-order chi connectivity index (χ0) is 33.2.